The number of carbonyl (C=O) groups excluding carboxylic acids is 2. The molecule has 178 valence electrons. The topological polar surface area (TPSA) is 119 Å². The Labute approximate surface area is 198 Å². The maximum Gasteiger partial charge on any atom is 0.408 e. The lowest BCUT2D eigenvalue weighted by molar-refractivity contribution is -0.149. The lowest BCUT2D eigenvalue weighted by Crippen LogP contribution is -2.63. The van der Waals surface area contributed by atoms with Crippen LogP contribution in [0.15, 0.2) is 72.8 Å². The molecule has 3 rings (SSSR count). The number of fused-ring (bicyclic) bond motifs is 1. The highest BCUT2D eigenvalue weighted by Crippen LogP contribution is 2.24. The predicted octanol–water partition coefficient (Wildman–Crippen LogP) is 3.87. The molecule has 0 spiro atoms. The summed E-state index contributed by atoms with van der Waals surface area (Å²) in [7, 11) is 0. The minimum Gasteiger partial charge on any atom is -0.480 e. The van der Waals surface area contributed by atoms with Crippen molar-refractivity contribution >= 4 is 28.6 Å². The number of aliphatic carboxylic acids is 1. The fourth-order valence-corrected chi connectivity index (χ4v) is 3.83. The van der Waals surface area contributed by atoms with Gasteiger partial charge in [-0.15, -0.1) is 0 Å². The first-order chi connectivity index (χ1) is 16.0. The fraction of sp³-hybridized carbons (Fsp3) is 0.296. The van der Waals surface area contributed by atoms with E-state index in [0.717, 1.165) is 16.3 Å². The second-order valence-electron chi connectivity index (χ2n) is 9.34. The van der Waals surface area contributed by atoms with Crippen molar-refractivity contribution in [1.82, 2.24) is 5.32 Å². The number of carbonyl (C=O) groups is 3. The molecule has 3 aromatic carbocycles. The molecule has 0 aliphatic heterocycles. The van der Waals surface area contributed by atoms with Crippen LogP contribution < -0.4 is 11.1 Å². The molecule has 0 heterocycles. The molecule has 34 heavy (non-hydrogen) atoms. The van der Waals surface area contributed by atoms with Crippen LogP contribution in [-0.4, -0.2) is 40.1 Å². The molecule has 0 radical (unpaired) electrons. The fourth-order valence-electron chi connectivity index (χ4n) is 3.83. The van der Waals surface area contributed by atoms with Crippen LogP contribution in [0, 0.1) is 0 Å². The Balaban J connectivity index is 1.97. The van der Waals surface area contributed by atoms with E-state index in [2.05, 4.69) is 5.32 Å². The normalized spacial score (nSPS) is 14.1. The maximum absolute atomic E-state index is 13.7. The van der Waals surface area contributed by atoms with Gasteiger partial charge in [0.05, 0.1) is 6.04 Å². The van der Waals surface area contributed by atoms with E-state index in [9.17, 15) is 19.5 Å². The number of ether oxygens (including phenoxy) is 1. The van der Waals surface area contributed by atoms with E-state index in [1.54, 1.807) is 57.2 Å². The molecule has 7 nitrogen and oxygen atoms in total. The number of nitrogens with two attached hydrogens (primary N) is 1. The van der Waals surface area contributed by atoms with Crippen molar-refractivity contribution in [2.24, 2.45) is 5.73 Å². The molecular weight excluding hydrogens is 432 g/mol. The Bertz CT molecular complexity index is 1180. The average molecular weight is 463 g/mol. The van der Waals surface area contributed by atoms with Crippen LogP contribution in [0.4, 0.5) is 4.79 Å². The highest BCUT2D eigenvalue weighted by atomic mass is 16.6. The van der Waals surface area contributed by atoms with Crippen LogP contribution in [0.1, 0.15) is 31.9 Å². The first kappa shape index (κ1) is 24.9. The lowest BCUT2D eigenvalue weighted by Gasteiger charge is -2.30. The minimum atomic E-state index is -2.27. The second kappa shape index (κ2) is 10.1. The van der Waals surface area contributed by atoms with Gasteiger partial charge in [-0.05, 0) is 49.1 Å². The zero-order chi connectivity index (χ0) is 24.9. The van der Waals surface area contributed by atoms with Crippen LogP contribution in [0.3, 0.4) is 0 Å². The molecular formula is C27H30N2O5. The number of carboxylic acids is 1. The smallest absolute Gasteiger partial charge is 0.408 e. The largest absolute Gasteiger partial charge is 0.480 e. The van der Waals surface area contributed by atoms with Gasteiger partial charge in [-0.3, -0.25) is 4.79 Å². The standard InChI is InChI=1S/C27H30N2O5/c1-26(2,3)34-25(33)29-22(16-18-10-5-4-6-11-18)23(30)27(28,24(31)32)17-20-14-9-13-19-12-7-8-15-21(19)20/h4-15,22H,16-17,28H2,1-3H3,(H,29,33)(H,31,32)/t22-,27-/m1/s1. The van der Waals surface area contributed by atoms with Crippen LogP contribution in [0.2, 0.25) is 0 Å². The monoisotopic (exact) mass is 462 g/mol. The SMILES string of the molecule is CC(C)(C)OC(=O)N[C@H](Cc1ccccc1)C(=O)[C@](N)(Cc1cccc2ccccc12)C(=O)O. The predicted molar refractivity (Wildman–Crippen MR) is 131 cm³/mol. The van der Waals surface area contributed by atoms with E-state index < -0.39 is 35.0 Å². The molecule has 0 saturated carbocycles. The van der Waals surface area contributed by atoms with Crippen molar-refractivity contribution < 1.29 is 24.2 Å². The van der Waals surface area contributed by atoms with Crippen molar-refractivity contribution in [3.8, 4) is 0 Å². The Morgan fingerprint density at radius 1 is 0.941 bits per heavy atom. The van der Waals surface area contributed by atoms with Gasteiger partial charge in [0.2, 0.25) is 0 Å². The van der Waals surface area contributed by atoms with Gasteiger partial charge in [-0.1, -0.05) is 72.8 Å². The van der Waals surface area contributed by atoms with Crippen molar-refractivity contribution in [2.75, 3.05) is 0 Å². The van der Waals surface area contributed by atoms with Crippen molar-refractivity contribution in [1.29, 1.82) is 0 Å². The molecule has 2 atom stereocenters. The van der Waals surface area contributed by atoms with E-state index in [0.29, 0.717) is 5.56 Å². The molecule has 0 fully saturated rings. The molecule has 0 aromatic heterocycles. The number of benzene rings is 3. The summed E-state index contributed by atoms with van der Waals surface area (Å²) in [5.74, 6) is -2.27. The summed E-state index contributed by atoms with van der Waals surface area (Å²) in [6.07, 6.45) is -0.982. The number of amides is 1. The summed E-state index contributed by atoms with van der Waals surface area (Å²) >= 11 is 0. The van der Waals surface area contributed by atoms with E-state index in [-0.39, 0.29) is 12.8 Å². The first-order valence-corrected chi connectivity index (χ1v) is 11.1. The van der Waals surface area contributed by atoms with E-state index in [4.69, 9.17) is 10.5 Å². The number of alkyl carbamates (subject to hydrolysis) is 1. The van der Waals surface area contributed by atoms with Gasteiger partial charge in [-0.2, -0.15) is 0 Å². The minimum absolute atomic E-state index is 0.0701. The third-order valence-corrected chi connectivity index (χ3v) is 5.46. The van der Waals surface area contributed by atoms with E-state index in [1.807, 2.05) is 36.4 Å². The summed E-state index contributed by atoms with van der Waals surface area (Å²) in [6, 6.07) is 20.8. The number of carboxylic acid groups (broad SMARTS) is 1. The van der Waals surface area contributed by atoms with Gasteiger partial charge in [0.15, 0.2) is 11.3 Å². The number of hydrogen-bond donors (Lipinski definition) is 3. The molecule has 3 aromatic rings. The third kappa shape index (κ3) is 5.99. The Morgan fingerprint density at radius 3 is 2.21 bits per heavy atom. The molecule has 4 N–H and O–H groups in total. The highest BCUT2D eigenvalue weighted by molar-refractivity contribution is 6.11. The Hall–Kier alpha value is -3.71. The third-order valence-electron chi connectivity index (χ3n) is 5.46. The quantitative estimate of drug-likeness (QED) is 0.437. The summed E-state index contributed by atoms with van der Waals surface area (Å²) < 4.78 is 5.31. The summed E-state index contributed by atoms with van der Waals surface area (Å²) in [6.45, 7) is 5.10. The van der Waals surface area contributed by atoms with Gasteiger partial charge >= 0.3 is 12.1 Å². The molecule has 0 unspecified atom stereocenters. The van der Waals surface area contributed by atoms with Gasteiger partial charge in [0.25, 0.3) is 0 Å². The summed E-state index contributed by atoms with van der Waals surface area (Å²) in [4.78, 5) is 38.6. The van der Waals surface area contributed by atoms with Gasteiger partial charge in [0.1, 0.15) is 5.60 Å². The zero-order valence-electron chi connectivity index (χ0n) is 19.6. The maximum atomic E-state index is 13.7. The number of Topliss-reactive ketones (excluding diaryl/α,β-unsaturated/α-hetero) is 1. The number of hydrogen-bond acceptors (Lipinski definition) is 5. The molecule has 0 aliphatic carbocycles. The molecule has 0 aliphatic rings. The van der Waals surface area contributed by atoms with E-state index in [1.165, 1.54) is 0 Å². The van der Waals surface area contributed by atoms with Crippen molar-refractivity contribution in [2.45, 2.75) is 50.8 Å². The highest BCUT2D eigenvalue weighted by Gasteiger charge is 2.46. The zero-order valence-corrected chi connectivity index (χ0v) is 19.6. The second-order valence-corrected chi connectivity index (χ2v) is 9.34. The van der Waals surface area contributed by atoms with Crippen LogP contribution in [0.5, 0.6) is 0 Å². The summed E-state index contributed by atoms with van der Waals surface area (Å²) in [5.41, 5.74) is 4.64. The van der Waals surface area contributed by atoms with Gasteiger partial charge in [0, 0.05) is 6.42 Å². The molecule has 1 amide bonds. The van der Waals surface area contributed by atoms with Crippen LogP contribution in [0.25, 0.3) is 10.8 Å². The Kier molecular flexibility index (Phi) is 7.37. The van der Waals surface area contributed by atoms with Crippen molar-refractivity contribution in [3.05, 3.63) is 83.9 Å². The molecule has 7 heteroatoms. The number of nitrogens with one attached hydrogen (secondary N) is 1. The molecule has 0 bridgehead atoms. The van der Waals surface area contributed by atoms with Gasteiger partial charge in [-0.25, -0.2) is 9.59 Å². The van der Waals surface area contributed by atoms with Gasteiger partial charge < -0.3 is 20.9 Å². The van der Waals surface area contributed by atoms with Crippen LogP contribution >= 0.6 is 0 Å². The average Bonchev–Trinajstić information content (AvgIpc) is 2.77. The van der Waals surface area contributed by atoms with Crippen LogP contribution in [-0.2, 0) is 27.2 Å². The summed E-state index contributed by atoms with van der Waals surface area (Å²) in [5, 5.41) is 14.4. The number of rotatable bonds is 8. The lowest BCUT2D eigenvalue weighted by atomic mass is 9.81. The first-order valence-electron chi connectivity index (χ1n) is 11.1. The van der Waals surface area contributed by atoms with Crippen molar-refractivity contribution in [3.63, 3.8) is 0 Å². The molecule has 0 saturated heterocycles. The number of ketones is 1. The Morgan fingerprint density at radius 2 is 1.56 bits per heavy atom. The van der Waals surface area contributed by atoms with E-state index >= 15 is 0 Å².